The number of alkyl halides is 3. The average Bonchev–Trinajstić information content (AvgIpc) is 2.13. The first-order valence-corrected chi connectivity index (χ1v) is 5.63. The van der Waals surface area contributed by atoms with Crippen molar-refractivity contribution < 1.29 is 13.2 Å². The Kier molecular flexibility index (Phi) is 4.43. The van der Waals surface area contributed by atoms with E-state index in [1.807, 2.05) is 0 Å². The lowest BCUT2D eigenvalue weighted by atomic mass is 10.4. The molecular formula is C9H9BrClF3N2. The normalized spacial score (nSPS) is 11.6. The predicted octanol–water partition coefficient (Wildman–Crippen LogP) is 3.89. The molecule has 0 N–H and O–H groups in total. The highest BCUT2D eigenvalue weighted by Crippen LogP contribution is 2.28. The van der Waals surface area contributed by atoms with Crippen molar-refractivity contribution >= 4 is 33.3 Å². The largest absolute Gasteiger partial charge is 0.405 e. The van der Waals surface area contributed by atoms with Gasteiger partial charge in [0, 0.05) is 17.2 Å². The monoisotopic (exact) mass is 316 g/mol. The summed E-state index contributed by atoms with van der Waals surface area (Å²) in [4.78, 5) is 4.96. The minimum atomic E-state index is -4.27. The van der Waals surface area contributed by atoms with E-state index < -0.39 is 12.7 Å². The fourth-order valence-electron chi connectivity index (χ4n) is 1.19. The summed E-state index contributed by atoms with van der Waals surface area (Å²) in [6, 6.07) is 1.52. The number of hydrogen-bond acceptors (Lipinski definition) is 2. The van der Waals surface area contributed by atoms with Crippen LogP contribution in [0.15, 0.2) is 16.7 Å². The Labute approximate surface area is 105 Å². The lowest BCUT2D eigenvalue weighted by Gasteiger charge is -2.24. The highest BCUT2D eigenvalue weighted by Gasteiger charge is 2.31. The molecule has 1 rings (SSSR count). The van der Waals surface area contributed by atoms with E-state index in [1.54, 1.807) is 6.92 Å². The fourth-order valence-corrected chi connectivity index (χ4v) is 1.94. The molecule has 0 aliphatic carbocycles. The van der Waals surface area contributed by atoms with Crippen LogP contribution in [-0.4, -0.2) is 24.2 Å². The van der Waals surface area contributed by atoms with Gasteiger partial charge >= 0.3 is 6.18 Å². The molecule has 0 bridgehead atoms. The molecule has 2 nitrogen and oxygen atoms in total. The summed E-state index contributed by atoms with van der Waals surface area (Å²) >= 11 is 8.97. The molecule has 0 aliphatic heterocycles. The highest BCUT2D eigenvalue weighted by molar-refractivity contribution is 9.10. The van der Waals surface area contributed by atoms with Gasteiger partial charge in [0.25, 0.3) is 0 Å². The standard InChI is InChI=1S/C9H9BrClF3N2/c1-2-16(5-9(12,13)14)8-7(11)3-6(10)4-15-8/h3-4H,2,5H2,1H3. The van der Waals surface area contributed by atoms with Gasteiger partial charge < -0.3 is 4.90 Å². The molecule has 1 aromatic heterocycles. The van der Waals surface area contributed by atoms with Crippen LogP contribution < -0.4 is 4.90 Å². The molecule has 1 heterocycles. The summed E-state index contributed by atoms with van der Waals surface area (Å²) in [5.74, 6) is 0.143. The molecule has 0 radical (unpaired) electrons. The number of aromatic nitrogens is 1. The van der Waals surface area contributed by atoms with Crippen LogP contribution in [0.4, 0.5) is 19.0 Å². The van der Waals surface area contributed by atoms with E-state index >= 15 is 0 Å². The molecule has 7 heteroatoms. The topological polar surface area (TPSA) is 16.1 Å². The van der Waals surface area contributed by atoms with Crippen molar-refractivity contribution in [2.24, 2.45) is 0 Å². The van der Waals surface area contributed by atoms with Gasteiger partial charge in [0.1, 0.15) is 12.4 Å². The molecule has 16 heavy (non-hydrogen) atoms. The third-order valence-corrected chi connectivity index (χ3v) is 2.55. The second-order valence-electron chi connectivity index (χ2n) is 3.09. The Morgan fingerprint density at radius 3 is 2.56 bits per heavy atom. The van der Waals surface area contributed by atoms with Crippen LogP contribution in [-0.2, 0) is 0 Å². The molecule has 0 saturated heterocycles. The van der Waals surface area contributed by atoms with E-state index in [0.29, 0.717) is 4.47 Å². The SMILES string of the molecule is CCN(CC(F)(F)F)c1ncc(Br)cc1Cl. The van der Waals surface area contributed by atoms with Gasteiger partial charge in [-0.05, 0) is 28.9 Å². The Morgan fingerprint density at radius 1 is 1.50 bits per heavy atom. The van der Waals surface area contributed by atoms with Gasteiger partial charge in [-0.1, -0.05) is 11.6 Å². The van der Waals surface area contributed by atoms with Crippen LogP contribution in [0.25, 0.3) is 0 Å². The van der Waals surface area contributed by atoms with Gasteiger partial charge in [0.15, 0.2) is 0 Å². The Morgan fingerprint density at radius 2 is 2.12 bits per heavy atom. The summed E-state index contributed by atoms with van der Waals surface area (Å²) in [5.41, 5.74) is 0. The molecular weight excluding hydrogens is 308 g/mol. The van der Waals surface area contributed by atoms with Crippen molar-refractivity contribution in [2.45, 2.75) is 13.1 Å². The van der Waals surface area contributed by atoms with Crippen LogP contribution in [0.3, 0.4) is 0 Å². The number of hydrogen-bond donors (Lipinski definition) is 0. The number of pyridine rings is 1. The number of halogens is 5. The van der Waals surface area contributed by atoms with Gasteiger partial charge in [-0.3, -0.25) is 0 Å². The molecule has 1 aromatic rings. The van der Waals surface area contributed by atoms with Gasteiger partial charge in [-0.2, -0.15) is 13.2 Å². The van der Waals surface area contributed by atoms with Crippen molar-refractivity contribution in [3.63, 3.8) is 0 Å². The summed E-state index contributed by atoms with van der Waals surface area (Å²) in [7, 11) is 0. The van der Waals surface area contributed by atoms with Gasteiger partial charge in [0.2, 0.25) is 0 Å². The van der Waals surface area contributed by atoms with E-state index in [-0.39, 0.29) is 17.4 Å². The second kappa shape index (κ2) is 5.23. The van der Waals surface area contributed by atoms with Gasteiger partial charge in [-0.25, -0.2) is 4.98 Å². The third-order valence-electron chi connectivity index (χ3n) is 1.84. The summed E-state index contributed by atoms with van der Waals surface area (Å²) in [6.45, 7) is 0.748. The number of nitrogens with zero attached hydrogens (tertiary/aromatic N) is 2. The van der Waals surface area contributed by atoms with E-state index in [4.69, 9.17) is 11.6 Å². The van der Waals surface area contributed by atoms with Crippen molar-refractivity contribution in [1.29, 1.82) is 0 Å². The van der Waals surface area contributed by atoms with Crippen LogP contribution >= 0.6 is 27.5 Å². The van der Waals surface area contributed by atoms with E-state index in [9.17, 15) is 13.2 Å². The van der Waals surface area contributed by atoms with Crippen molar-refractivity contribution in [2.75, 3.05) is 18.0 Å². The minimum Gasteiger partial charge on any atom is -0.347 e. The lowest BCUT2D eigenvalue weighted by molar-refractivity contribution is -0.119. The van der Waals surface area contributed by atoms with Crippen LogP contribution in [0.5, 0.6) is 0 Å². The maximum atomic E-state index is 12.3. The summed E-state index contributed by atoms with van der Waals surface area (Å²) in [6.07, 6.45) is -2.85. The molecule has 0 spiro atoms. The quantitative estimate of drug-likeness (QED) is 0.841. The Hall–Kier alpha value is -0.490. The smallest absolute Gasteiger partial charge is 0.347 e. The maximum absolute atomic E-state index is 12.3. The third kappa shape index (κ3) is 3.83. The number of rotatable bonds is 3. The van der Waals surface area contributed by atoms with Crippen molar-refractivity contribution in [1.82, 2.24) is 4.98 Å². The molecule has 0 unspecified atom stereocenters. The van der Waals surface area contributed by atoms with Gasteiger partial charge in [-0.15, -0.1) is 0 Å². The van der Waals surface area contributed by atoms with E-state index in [2.05, 4.69) is 20.9 Å². The average molecular weight is 318 g/mol. The molecule has 0 aromatic carbocycles. The Bertz CT molecular complexity index is 370. The fraction of sp³-hybridized carbons (Fsp3) is 0.444. The predicted molar refractivity (Wildman–Crippen MR) is 60.9 cm³/mol. The Balaban J connectivity index is 2.95. The number of anilines is 1. The molecule has 0 amide bonds. The summed E-state index contributed by atoms with van der Waals surface area (Å²) < 4.78 is 37.4. The first kappa shape index (κ1) is 13.6. The zero-order valence-corrected chi connectivity index (χ0v) is 10.7. The van der Waals surface area contributed by atoms with Gasteiger partial charge in [0.05, 0.1) is 5.02 Å². The molecule has 0 fully saturated rings. The molecule has 90 valence electrons. The van der Waals surface area contributed by atoms with E-state index in [0.717, 1.165) is 4.90 Å². The first-order valence-electron chi connectivity index (χ1n) is 4.46. The second-order valence-corrected chi connectivity index (χ2v) is 4.41. The molecule has 0 atom stereocenters. The van der Waals surface area contributed by atoms with Crippen molar-refractivity contribution in [3.8, 4) is 0 Å². The zero-order valence-electron chi connectivity index (χ0n) is 8.35. The van der Waals surface area contributed by atoms with Crippen LogP contribution in [0.2, 0.25) is 5.02 Å². The first-order chi connectivity index (χ1) is 7.33. The van der Waals surface area contributed by atoms with E-state index in [1.165, 1.54) is 12.3 Å². The highest BCUT2D eigenvalue weighted by atomic mass is 79.9. The lowest BCUT2D eigenvalue weighted by Crippen LogP contribution is -2.34. The van der Waals surface area contributed by atoms with Crippen molar-refractivity contribution in [3.05, 3.63) is 21.8 Å². The van der Waals surface area contributed by atoms with Crippen LogP contribution in [0.1, 0.15) is 6.92 Å². The molecule has 0 aliphatic rings. The zero-order chi connectivity index (χ0) is 12.3. The maximum Gasteiger partial charge on any atom is 0.405 e. The molecule has 0 saturated carbocycles. The summed E-state index contributed by atoms with van der Waals surface area (Å²) in [5, 5.41) is 0.195. The minimum absolute atomic E-state index is 0.143. The van der Waals surface area contributed by atoms with Crippen LogP contribution in [0, 0.1) is 0 Å².